The topological polar surface area (TPSA) is 112 Å². The van der Waals surface area contributed by atoms with Crippen LogP contribution in [0.1, 0.15) is 31.8 Å². The average Bonchev–Trinajstić information content (AvgIpc) is 2.96. The van der Waals surface area contributed by atoms with E-state index < -0.39 is 0 Å². The summed E-state index contributed by atoms with van der Waals surface area (Å²) in [6.07, 6.45) is 0. The molecule has 8 heteroatoms. The predicted molar refractivity (Wildman–Crippen MR) is 147 cm³/mol. The van der Waals surface area contributed by atoms with Crippen molar-refractivity contribution in [2.75, 3.05) is 24.9 Å². The number of hydrogen-bond donors (Lipinski definition) is 3. The van der Waals surface area contributed by atoms with Gasteiger partial charge in [-0.05, 0) is 53.6 Å². The minimum Gasteiger partial charge on any atom is -0.493 e. The third-order valence-corrected chi connectivity index (χ3v) is 5.85. The lowest BCUT2D eigenvalue weighted by Crippen LogP contribution is -2.16. The number of nitrogens with one attached hydrogen (secondary N) is 2. The molecule has 4 rings (SSSR count). The number of benzene rings is 4. The molecule has 4 aromatic carbocycles. The predicted octanol–water partition coefficient (Wildman–Crippen LogP) is 5.25. The Labute approximate surface area is 221 Å². The Morgan fingerprint density at radius 3 is 2.21 bits per heavy atom. The monoisotopic (exact) mass is 511 g/mol. The number of ether oxygens (including phenoxy) is 3. The molecule has 0 aliphatic heterocycles. The van der Waals surface area contributed by atoms with E-state index in [1.165, 1.54) is 14.2 Å². The molecule has 4 N–H and O–H groups in total. The van der Waals surface area contributed by atoms with Crippen molar-refractivity contribution in [3.8, 4) is 17.2 Å². The maximum atomic E-state index is 13.2. The van der Waals surface area contributed by atoms with E-state index in [4.69, 9.17) is 19.9 Å². The van der Waals surface area contributed by atoms with E-state index in [1.54, 1.807) is 54.6 Å². The van der Waals surface area contributed by atoms with Gasteiger partial charge in [0.15, 0.2) is 11.5 Å². The van der Waals surface area contributed by atoms with Crippen LogP contribution in [0.5, 0.6) is 17.2 Å². The van der Waals surface area contributed by atoms with Crippen molar-refractivity contribution < 1.29 is 23.8 Å². The van der Waals surface area contributed by atoms with Crippen LogP contribution in [0.4, 0.5) is 11.4 Å². The first-order chi connectivity index (χ1) is 18.5. The maximum absolute atomic E-state index is 13.2. The first kappa shape index (κ1) is 26.2. The van der Waals surface area contributed by atoms with Gasteiger partial charge in [0.05, 0.1) is 19.8 Å². The Bertz CT molecular complexity index is 1420. The van der Waals surface area contributed by atoms with Gasteiger partial charge in [-0.3, -0.25) is 9.59 Å². The number of nitrogens with two attached hydrogens (primary N) is 1. The van der Waals surface area contributed by atoms with E-state index in [0.29, 0.717) is 51.9 Å². The molecular weight excluding hydrogens is 482 g/mol. The third kappa shape index (κ3) is 6.29. The van der Waals surface area contributed by atoms with Crippen LogP contribution in [0.2, 0.25) is 0 Å². The Morgan fingerprint density at radius 1 is 0.737 bits per heavy atom. The van der Waals surface area contributed by atoms with Crippen LogP contribution in [0.25, 0.3) is 0 Å². The zero-order valence-electron chi connectivity index (χ0n) is 21.2. The SMILES string of the molecule is COc1ccc(C(=O)Nc2cc(NC(=O)c3ccccc3OCc3ccccc3)ccc2CN)cc1OC. The van der Waals surface area contributed by atoms with Crippen LogP contribution in [0.15, 0.2) is 91.0 Å². The molecule has 0 saturated heterocycles. The number of hydrogen-bond acceptors (Lipinski definition) is 6. The number of rotatable bonds is 10. The fraction of sp³-hybridized carbons (Fsp3) is 0.133. The van der Waals surface area contributed by atoms with E-state index in [2.05, 4.69) is 10.6 Å². The van der Waals surface area contributed by atoms with Crippen LogP contribution >= 0.6 is 0 Å². The van der Waals surface area contributed by atoms with Crippen molar-refractivity contribution in [1.29, 1.82) is 0 Å². The highest BCUT2D eigenvalue weighted by molar-refractivity contribution is 6.08. The molecule has 0 aliphatic carbocycles. The Kier molecular flexibility index (Phi) is 8.58. The van der Waals surface area contributed by atoms with Gasteiger partial charge in [0, 0.05) is 23.5 Å². The molecule has 0 radical (unpaired) electrons. The molecule has 194 valence electrons. The summed E-state index contributed by atoms with van der Waals surface area (Å²) in [7, 11) is 3.03. The minimum absolute atomic E-state index is 0.200. The normalized spacial score (nSPS) is 10.4. The number of methoxy groups -OCH3 is 2. The van der Waals surface area contributed by atoms with Crippen LogP contribution in [-0.2, 0) is 13.2 Å². The second kappa shape index (κ2) is 12.4. The molecule has 0 atom stereocenters. The van der Waals surface area contributed by atoms with Gasteiger partial charge in [0.2, 0.25) is 0 Å². The lowest BCUT2D eigenvalue weighted by molar-refractivity contribution is 0.101. The molecule has 0 unspecified atom stereocenters. The first-order valence-corrected chi connectivity index (χ1v) is 12.0. The molecule has 0 aliphatic rings. The zero-order valence-corrected chi connectivity index (χ0v) is 21.2. The van der Waals surface area contributed by atoms with Crippen molar-refractivity contribution >= 4 is 23.2 Å². The minimum atomic E-state index is -0.358. The van der Waals surface area contributed by atoms with Crippen LogP contribution in [0.3, 0.4) is 0 Å². The fourth-order valence-corrected chi connectivity index (χ4v) is 3.83. The molecule has 8 nitrogen and oxygen atoms in total. The van der Waals surface area contributed by atoms with Gasteiger partial charge in [0.1, 0.15) is 12.4 Å². The smallest absolute Gasteiger partial charge is 0.259 e. The first-order valence-electron chi connectivity index (χ1n) is 12.0. The maximum Gasteiger partial charge on any atom is 0.259 e. The summed E-state index contributed by atoms with van der Waals surface area (Å²) in [6, 6.07) is 26.8. The quantitative estimate of drug-likeness (QED) is 0.268. The summed E-state index contributed by atoms with van der Waals surface area (Å²) in [5.74, 6) is 0.724. The van der Waals surface area contributed by atoms with Crippen LogP contribution in [-0.4, -0.2) is 26.0 Å². The summed E-state index contributed by atoms with van der Waals surface area (Å²) in [4.78, 5) is 26.1. The summed E-state index contributed by atoms with van der Waals surface area (Å²) in [6.45, 7) is 0.536. The second-order valence-corrected chi connectivity index (χ2v) is 8.32. The second-order valence-electron chi connectivity index (χ2n) is 8.32. The number of para-hydroxylation sites is 1. The van der Waals surface area contributed by atoms with Gasteiger partial charge in [-0.2, -0.15) is 0 Å². The molecular formula is C30H29N3O5. The van der Waals surface area contributed by atoms with Crippen LogP contribution in [0, 0.1) is 0 Å². The van der Waals surface area contributed by atoms with Gasteiger partial charge in [-0.15, -0.1) is 0 Å². The molecule has 0 bridgehead atoms. The third-order valence-electron chi connectivity index (χ3n) is 5.85. The molecule has 0 aromatic heterocycles. The van der Waals surface area contributed by atoms with Gasteiger partial charge in [-0.25, -0.2) is 0 Å². The van der Waals surface area contributed by atoms with E-state index in [9.17, 15) is 9.59 Å². The van der Waals surface area contributed by atoms with Gasteiger partial charge in [0.25, 0.3) is 11.8 Å². The van der Waals surface area contributed by atoms with Crippen molar-refractivity contribution in [3.63, 3.8) is 0 Å². The summed E-state index contributed by atoms with van der Waals surface area (Å²) in [5, 5.41) is 5.77. The molecule has 0 spiro atoms. The lowest BCUT2D eigenvalue weighted by atomic mass is 10.1. The number of carbonyl (C=O) groups excluding carboxylic acids is 2. The highest BCUT2D eigenvalue weighted by Crippen LogP contribution is 2.29. The standard InChI is InChI=1S/C30H29N3O5/c1-36-27-15-13-21(16-28(27)37-2)29(34)33-25-17-23(14-12-22(25)18-31)32-30(35)24-10-6-7-11-26(24)38-19-20-8-4-3-5-9-20/h3-17H,18-19,31H2,1-2H3,(H,32,35)(H,33,34). The Morgan fingerprint density at radius 2 is 1.47 bits per heavy atom. The van der Waals surface area contributed by atoms with Gasteiger partial charge >= 0.3 is 0 Å². The number of carbonyl (C=O) groups is 2. The lowest BCUT2D eigenvalue weighted by Gasteiger charge is -2.15. The van der Waals surface area contributed by atoms with Gasteiger partial charge < -0.3 is 30.6 Å². The Balaban J connectivity index is 1.51. The molecule has 38 heavy (non-hydrogen) atoms. The molecule has 0 saturated carbocycles. The van der Waals surface area contributed by atoms with Crippen molar-refractivity contribution in [3.05, 3.63) is 113 Å². The molecule has 0 fully saturated rings. The average molecular weight is 512 g/mol. The van der Waals surface area contributed by atoms with Crippen molar-refractivity contribution in [2.24, 2.45) is 5.73 Å². The van der Waals surface area contributed by atoms with Gasteiger partial charge in [-0.1, -0.05) is 48.5 Å². The summed E-state index contributed by atoms with van der Waals surface area (Å²) < 4.78 is 16.5. The Hall–Kier alpha value is -4.82. The number of amides is 2. The van der Waals surface area contributed by atoms with Crippen molar-refractivity contribution in [1.82, 2.24) is 0 Å². The van der Waals surface area contributed by atoms with E-state index in [0.717, 1.165) is 5.56 Å². The molecule has 2 amide bonds. The zero-order chi connectivity index (χ0) is 26.9. The molecule has 0 heterocycles. The summed E-state index contributed by atoms with van der Waals surface area (Å²) >= 11 is 0. The van der Waals surface area contributed by atoms with E-state index >= 15 is 0 Å². The van der Waals surface area contributed by atoms with Crippen molar-refractivity contribution in [2.45, 2.75) is 13.2 Å². The largest absolute Gasteiger partial charge is 0.493 e. The number of anilines is 2. The fourth-order valence-electron chi connectivity index (χ4n) is 3.83. The van der Waals surface area contributed by atoms with E-state index in [1.807, 2.05) is 36.4 Å². The highest BCUT2D eigenvalue weighted by Gasteiger charge is 2.16. The highest BCUT2D eigenvalue weighted by atomic mass is 16.5. The summed E-state index contributed by atoms with van der Waals surface area (Å²) in [5.41, 5.74) is 9.36. The van der Waals surface area contributed by atoms with E-state index in [-0.39, 0.29) is 18.4 Å². The molecule has 4 aromatic rings. The van der Waals surface area contributed by atoms with Crippen LogP contribution < -0.4 is 30.6 Å².